The molecule has 1 aliphatic heterocycles. The molecule has 0 bridgehead atoms. The van der Waals surface area contributed by atoms with Crippen LogP contribution in [0.1, 0.15) is 17.5 Å². The lowest BCUT2D eigenvalue weighted by Gasteiger charge is -2.14. The Balaban J connectivity index is 1.78. The van der Waals surface area contributed by atoms with Crippen LogP contribution in [-0.2, 0) is 16.1 Å². The lowest BCUT2D eigenvalue weighted by atomic mass is 10.1. The zero-order chi connectivity index (χ0) is 23.3. The van der Waals surface area contributed by atoms with Gasteiger partial charge in [0.1, 0.15) is 6.61 Å². The van der Waals surface area contributed by atoms with E-state index in [-0.39, 0.29) is 17.8 Å². The Morgan fingerprint density at radius 1 is 1.03 bits per heavy atom. The van der Waals surface area contributed by atoms with E-state index in [1.54, 1.807) is 43.5 Å². The molecule has 0 atom stereocenters. The highest BCUT2D eigenvalue weighted by atomic mass is 35.5. The molecule has 10 heteroatoms. The molecule has 1 aliphatic rings. The standard InChI is InChI=1S/C22H20Cl3NO5S/c1-29-7-3-6-26-21(27)19(32-22(26)28)11-14-9-17(25)20(18(10-14)30-2)31-12-13-4-5-15(23)16(24)8-13/h4-5,8-11H,3,6-7,12H2,1-2H3/b19-11+. The number of rotatable bonds is 9. The first-order valence-electron chi connectivity index (χ1n) is 9.52. The van der Waals surface area contributed by atoms with Gasteiger partial charge >= 0.3 is 0 Å². The van der Waals surface area contributed by atoms with Crippen molar-refractivity contribution < 1.29 is 23.8 Å². The van der Waals surface area contributed by atoms with Gasteiger partial charge in [0.15, 0.2) is 11.5 Å². The summed E-state index contributed by atoms with van der Waals surface area (Å²) in [5.74, 6) is 0.402. The lowest BCUT2D eigenvalue weighted by molar-refractivity contribution is -0.122. The van der Waals surface area contributed by atoms with Gasteiger partial charge in [-0.3, -0.25) is 14.5 Å². The minimum atomic E-state index is -0.342. The summed E-state index contributed by atoms with van der Waals surface area (Å²) in [6, 6.07) is 8.53. The zero-order valence-electron chi connectivity index (χ0n) is 17.3. The van der Waals surface area contributed by atoms with Crippen molar-refractivity contribution in [2.24, 2.45) is 0 Å². The van der Waals surface area contributed by atoms with E-state index in [1.165, 1.54) is 12.0 Å². The fraction of sp³-hybridized carbons (Fsp3) is 0.273. The van der Waals surface area contributed by atoms with Gasteiger partial charge in [0, 0.05) is 20.3 Å². The Kier molecular flexibility index (Phi) is 8.73. The number of carbonyl (C=O) groups is 2. The molecule has 2 amide bonds. The Morgan fingerprint density at radius 3 is 2.50 bits per heavy atom. The summed E-state index contributed by atoms with van der Waals surface area (Å²) in [5.41, 5.74) is 1.42. The van der Waals surface area contributed by atoms with Crippen molar-refractivity contribution in [1.29, 1.82) is 0 Å². The molecule has 0 spiro atoms. The summed E-state index contributed by atoms with van der Waals surface area (Å²) in [4.78, 5) is 26.3. The number of methoxy groups -OCH3 is 2. The van der Waals surface area contributed by atoms with Crippen LogP contribution in [0.3, 0.4) is 0 Å². The maximum atomic E-state index is 12.6. The lowest BCUT2D eigenvalue weighted by Crippen LogP contribution is -2.29. The van der Waals surface area contributed by atoms with E-state index < -0.39 is 0 Å². The van der Waals surface area contributed by atoms with Crippen LogP contribution in [0.4, 0.5) is 4.79 Å². The van der Waals surface area contributed by atoms with Crippen LogP contribution in [-0.4, -0.2) is 43.4 Å². The monoisotopic (exact) mass is 515 g/mol. The second-order valence-electron chi connectivity index (χ2n) is 6.75. The highest BCUT2D eigenvalue weighted by molar-refractivity contribution is 8.18. The molecule has 32 heavy (non-hydrogen) atoms. The molecule has 170 valence electrons. The number of hydrogen-bond acceptors (Lipinski definition) is 6. The molecule has 1 saturated heterocycles. The van der Waals surface area contributed by atoms with Crippen LogP contribution in [0.5, 0.6) is 11.5 Å². The predicted molar refractivity (Wildman–Crippen MR) is 128 cm³/mol. The summed E-state index contributed by atoms with van der Waals surface area (Å²) in [5, 5.41) is 0.878. The predicted octanol–water partition coefficient (Wildman–Crippen LogP) is 6.31. The maximum absolute atomic E-state index is 12.6. The van der Waals surface area contributed by atoms with E-state index in [2.05, 4.69) is 0 Å². The van der Waals surface area contributed by atoms with Crippen molar-refractivity contribution in [1.82, 2.24) is 4.90 Å². The minimum Gasteiger partial charge on any atom is -0.493 e. The fourth-order valence-electron chi connectivity index (χ4n) is 2.96. The van der Waals surface area contributed by atoms with Crippen LogP contribution in [0.15, 0.2) is 35.2 Å². The van der Waals surface area contributed by atoms with Crippen LogP contribution in [0.2, 0.25) is 15.1 Å². The SMILES string of the molecule is COCCCN1C(=O)S/C(=C/c2cc(Cl)c(OCc3ccc(Cl)c(Cl)c3)c(OC)c2)C1=O. The van der Waals surface area contributed by atoms with E-state index in [1.807, 2.05) is 0 Å². The van der Waals surface area contributed by atoms with E-state index in [0.717, 1.165) is 17.3 Å². The number of carbonyl (C=O) groups excluding carboxylic acids is 2. The second-order valence-corrected chi connectivity index (χ2v) is 8.97. The van der Waals surface area contributed by atoms with Gasteiger partial charge in [-0.2, -0.15) is 0 Å². The molecule has 2 aromatic rings. The molecule has 6 nitrogen and oxygen atoms in total. The number of nitrogens with zero attached hydrogens (tertiary/aromatic N) is 1. The average molecular weight is 517 g/mol. The number of ether oxygens (including phenoxy) is 3. The van der Waals surface area contributed by atoms with Gasteiger partial charge in [-0.25, -0.2) is 0 Å². The first-order valence-corrected chi connectivity index (χ1v) is 11.5. The van der Waals surface area contributed by atoms with Crippen molar-refractivity contribution in [3.05, 3.63) is 61.4 Å². The summed E-state index contributed by atoms with van der Waals surface area (Å²) >= 11 is 19.3. The number of amides is 2. The minimum absolute atomic E-state index is 0.201. The molecular weight excluding hydrogens is 497 g/mol. The number of imide groups is 1. The third-order valence-electron chi connectivity index (χ3n) is 4.52. The first kappa shape index (κ1) is 24.7. The molecule has 1 heterocycles. The van der Waals surface area contributed by atoms with Crippen molar-refractivity contribution in [2.75, 3.05) is 27.4 Å². The molecule has 2 aromatic carbocycles. The number of halogens is 3. The van der Waals surface area contributed by atoms with Gasteiger partial charge in [-0.15, -0.1) is 0 Å². The number of benzene rings is 2. The van der Waals surface area contributed by atoms with Crippen LogP contribution < -0.4 is 9.47 Å². The Labute approximate surface area is 205 Å². The summed E-state index contributed by atoms with van der Waals surface area (Å²) < 4.78 is 16.3. The third kappa shape index (κ3) is 5.91. The molecule has 0 radical (unpaired) electrons. The van der Waals surface area contributed by atoms with Crippen LogP contribution in [0.25, 0.3) is 6.08 Å². The Bertz CT molecular complexity index is 1060. The normalized spacial score (nSPS) is 15.0. The van der Waals surface area contributed by atoms with Gasteiger partial charge in [0.25, 0.3) is 11.1 Å². The molecule has 1 fully saturated rings. The summed E-state index contributed by atoms with van der Waals surface area (Å²) in [7, 11) is 3.06. The van der Waals surface area contributed by atoms with Crippen LogP contribution >= 0.6 is 46.6 Å². The average Bonchev–Trinajstić information content (AvgIpc) is 3.02. The third-order valence-corrected chi connectivity index (χ3v) is 6.45. The van der Waals surface area contributed by atoms with Gasteiger partial charge in [-0.1, -0.05) is 40.9 Å². The molecule has 0 saturated carbocycles. The van der Waals surface area contributed by atoms with E-state index in [9.17, 15) is 9.59 Å². The number of thioether (sulfide) groups is 1. The van der Waals surface area contributed by atoms with Crippen molar-refractivity contribution in [3.8, 4) is 11.5 Å². The molecule has 0 aromatic heterocycles. The second kappa shape index (κ2) is 11.3. The fourth-order valence-corrected chi connectivity index (χ4v) is 4.42. The summed E-state index contributed by atoms with van der Waals surface area (Å²) in [6.07, 6.45) is 2.19. The molecule has 3 rings (SSSR count). The largest absolute Gasteiger partial charge is 0.493 e. The smallest absolute Gasteiger partial charge is 0.293 e. The van der Waals surface area contributed by atoms with Crippen molar-refractivity contribution in [3.63, 3.8) is 0 Å². The van der Waals surface area contributed by atoms with E-state index in [0.29, 0.717) is 56.6 Å². The zero-order valence-corrected chi connectivity index (χ0v) is 20.4. The van der Waals surface area contributed by atoms with E-state index >= 15 is 0 Å². The first-order chi connectivity index (χ1) is 15.3. The van der Waals surface area contributed by atoms with Crippen molar-refractivity contribution >= 4 is 63.8 Å². The van der Waals surface area contributed by atoms with Crippen molar-refractivity contribution in [2.45, 2.75) is 13.0 Å². The van der Waals surface area contributed by atoms with Crippen LogP contribution in [0, 0.1) is 0 Å². The molecular formula is C22H20Cl3NO5S. The highest BCUT2D eigenvalue weighted by Crippen LogP contribution is 2.39. The summed E-state index contributed by atoms with van der Waals surface area (Å²) in [6.45, 7) is 0.978. The Morgan fingerprint density at radius 2 is 1.81 bits per heavy atom. The maximum Gasteiger partial charge on any atom is 0.293 e. The van der Waals surface area contributed by atoms with Gasteiger partial charge < -0.3 is 14.2 Å². The Hall–Kier alpha value is -1.90. The van der Waals surface area contributed by atoms with Gasteiger partial charge in [0.05, 0.1) is 27.1 Å². The molecule has 0 aliphatic carbocycles. The number of hydrogen-bond donors (Lipinski definition) is 0. The highest BCUT2D eigenvalue weighted by Gasteiger charge is 2.34. The van der Waals surface area contributed by atoms with Gasteiger partial charge in [-0.05, 0) is 59.7 Å². The van der Waals surface area contributed by atoms with E-state index in [4.69, 9.17) is 49.0 Å². The topological polar surface area (TPSA) is 65.1 Å². The molecule has 0 unspecified atom stereocenters. The quantitative estimate of drug-likeness (QED) is 0.287. The van der Waals surface area contributed by atoms with Gasteiger partial charge in [0.2, 0.25) is 0 Å². The molecule has 0 N–H and O–H groups in total.